The first-order chi connectivity index (χ1) is 15.6. The maximum absolute atomic E-state index is 11.7. The van der Waals surface area contributed by atoms with Gasteiger partial charge < -0.3 is 14.6 Å². The summed E-state index contributed by atoms with van der Waals surface area (Å²) >= 11 is 0. The van der Waals surface area contributed by atoms with E-state index in [1.54, 1.807) is 6.92 Å². The van der Waals surface area contributed by atoms with Gasteiger partial charge in [0.2, 0.25) is 5.91 Å². The van der Waals surface area contributed by atoms with E-state index >= 15 is 0 Å². The standard InChI is InChI=1S/C27H33N3O2/c1-4-12-22-13-5-8-16-25(22)32-20-10-9-19-30-24-15-7-6-14-23(24)29-26(30)17-11-18-28-27(31)21(2)3/h4-8,13-16H,1-2,9-12,17-20H2,3H3,(H,28,31). The van der Waals surface area contributed by atoms with Crippen molar-refractivity contribution in [2.75, 3.05) is 13.2 Å². The van der Waals surface area contributed by atoms with Crippen LogP contribution in [-0.4, -0.2) is 28.6 Å². The summed E-state index contributed by atoms with van der Waals surface area (Å²) < 4.78 is 8.34. The van der Waals surface area contributed by atoms with Crippen molar-refractivity contribution >= 4 is 16.9 Å². The molecule has 1 N–H and O–H groups in total. The van der Waals surface area contributed by atoms with Crippen molar-refractivity contribution in [1.82, 2.24) is 14.9 Å². The number of fused-ring (bicyclic) bond motifs is 1. The second kappa shape index (κ2) is 11.9. The lowest BCUT2D eigenvalue weighted by Crippen LogP contribution is -2.25. The maximum Gasteiger partial charge on any atom is 0.246 e. The van der Waals surface area contributed by atoms with Gasteiger partial charge in [-0.25, -0.2) is 4.98 Å². The third kappa shape index (κ3) is 6.33. The number of ether oxygens (including phenoxy) is 1. The number of hydrogen-bond donors (Lipinski definition) is 1. The third-order valence-corrected chi connectivity index (χ3v) is 5.35. The van der Waals surface area contributed by atoms with Gasteiger partial charge in [-0.2, -0.15) is 0 Å². The summed E-state index contributed by atoms with van der Waals surface area (Å²) in [6.07, 6.45) is 6.33. The molecule has 168 valence electrons. The van der Waals surface area contributed by atoms with E-state index in [0.29, 0.717) is 18.7 Å². The highest BCUT2D eigenvalue weighted by Crippen LogP contribution is 2.20. The normalized spacial score (nSPS) is 10.8. The minimum atomic E-state index is -0.0897. The van der Waals surface area contributed by atoms with Crippen molar-refractivity contribution in [2.24, 2.45) is 0 Å². The van der Waals surface area contributed by atoms with Crippen LogP contribution in [0.5, 0.6) is 5.75 Å². The van der Waals surface area contributed by atoms with Crippen molar-refractivity contribution in [1.29, 1.82) is 0 Å². The fraction of sp³-hybridized carbons (Fsp3) is 0.333. The van der Waals surface area contributed by atoms with E-state index in [4.69, 9.17) is 9.72 Å². The molecule has 0 bridgehead atoms. The largest absolute Gasteiger partial charge is 0.493 e. The van der Waals surface area contributed by atoms with E-state index in [1.165, 1.54) is 5.56 Å². The molecule has 5 nitrogen and oxygen atoms in total. The molecule has 1 amide bonds. The summed E-state index contributed by atoms with van der Waals surface area (Å²) in [5.74, 6) is 1.92. The Morgan fingerprint density at radius 2 is 1.91 bits per heavy atom. The van der Waals surface area contributed by atoms with E-state index < -0.39 is 0 Å². The van der Waals surface area contributed by atoms with Crippen LogP contribution in [0.2, 0.25) is 0 Å². The first-order valence-electron chi connectivity index (χ1n) is 11.3. The molecule has 0 aliphatic rings. The Balaban J connectivity index is 1.54. The van der Waals surface area contributed by atoms with E-state index in [-0.39, 0.29) is 5.91 Å². The molecule has 0 atom stereocenters. The third-order valence-electron chi connectivity index (χ3n) is 5.35. The Hall–Kier alpha value is -3.34. The van der Waals surface area contributed by atoms with Crippen LogP contribution in [0.3, 0.4) is 0 Å². The number of benzene rings is 2. The van der Waals surface area contributed by atoms with E-state index in [2.05, 4.69) is 47.3 Å². The lowest BCUT2D eigenvalue weighted by Gasteiger charge is -2.12. The molecular weight excluding hydrogens is 398 g/mol. The average molecular weight is 432 g/mol. The number of carbonyl (C=O) groups excluding carboxylic acids is 1. The summed E-state index contributed by atoms with van der Waals surface area (Å²) in [6, 6.07) is 16.4. The van der Waals surface area contributed by atoms with Gasteiger partial charge in [-0.3, -0.25) is 4.79 Å². The molecule has 1 heterocycles. The zero-order valence-corrected chi connectivity index (χ0v) is 19.0. The van der Waals surface area contributed by atoms with Gasteiger partial charge in [-0.15, -0.1) is 6.58 Å². The maximum atomic E-state index is 11.7. The summed E-state index contributed by atoms with van der Waals surface area (Å²) in [6.45, 7) is 11.4. The monoisotopic (exact) mass is 431 g/mol. The first kappa shape index (κ1) is 23.3. The van der Waals surface area contributed by atoms with Crippen molar-refractivity contribution in [3.05, 3.63) is 84.7 Å². The van der Waals surface area contributed by atoms with Crippen molar-refractivity contribution in [3.8, 4) is 5.75 Å². The lowest BCUT2D eigenvalue weighted by molar-refractivity contribution is -0.117. The van der Waals surface area contributed by atoms with Crippen LogP contribution < -0.4 is 10.1 Å². The molecule has 0 saturated heterocycles. The molecule has 0 unspecified atom stereocenters. The number of allylic oxidation sites excluding steroid dienone is 1. The van der Waals surface area contributed by atoms with E-state index in [1.807, 2.05) is 30.3 Å². The fourth-order valence-corrected chi connectivity index (χ4v) is 3.69. The highest BCUT2D eigenvalue weighted by molar-refractivity contribution is 5.92. The number of imidazole rings is 1. The molecule has 32 heavy (non-hydrogen) atoms. The number of nitrogens with one attached hydrogen (secondary N) is 1. The number of unbranched alkanes of at least 4 members (excludes halogenated alkanes) is 1. The summed E-state index contributed by atoms with van der Waals surface area (Å²) in [4.78, 5) is 16.5. The van der Waals surface area contributed by atoms with Crippen LogP contribution in [0.15, 0.2) is 73.3 Å². The van der Waals surface area contributed by atoms with Gasteiger partial charge in [0.1, 0.15) is 11.6 Å². The Kier molecular flexibility index (Phi) is 8.67. The second-order valence-electron chi connectivity index (χ2n) is 7.96. The Labute approximate surface area is 190 Å². The molecule has 0 saturated carbocycles. The van der Waals surface area contributed by atoms with Gasteiger partial charge in [-0.05, 0) is 56.4 Å². The van der Waals surface area contributed by atoms with Crippen molar-refractivity contribution in [2.45, 2.75) is 45.6 Å². The topological polar surface area (TPSA) is 56.1 Å². The minimum Gasteiger partial charge on any atom is -0.493 e. The van der Waals surface area contributed by atoms with Gasteiger partial charge in [0.25, 0.3) is 0 Å². The molecule has 0 aliphatic heterocycles. The SMILES string of the molecule is C=CCc1ccccc1OCCCCn1c(CCCNC(=O)C(=C)C)nc2ccccc21. The number of amides is 1. The van der Waals surface area contributed by atoms with Crippen LogP contribution in [0.4, 0.5) is 0 Å². The van der Waals surface area contributed by atoms with Crippen LogP contribution in [-0.2, 0) is 24.2 Å². The Morgan fingerprint density at radius 3 is 2.72 bits per heavy atom. The average Bonchev–Trinajstić information content (AvgIpc) is 3.15. The quantitative estimate of drug-likeness (QED) is 0.228. The van der Waals surface area contributed by atoms with Gasteiger partial charge in [-0.1, -0.05) is 43.0 Å². The Bertz CT molecular complexity index is 1070. The van der Waals surface area contributed by atoms with Crippen molar-refractivity contribution < 1.29 is 9.53 Å². The van der Waals surface area contributed by atoms with Crippen molar-refractivity contribution in [3.63, 3.8) is 0 Å². The van der Waals surface area contributed by atoms with E-state index in [0.717, 1.165) is 61.3 Å². The zero-order valence-electron chi connectivity index (χ0n) is 19.0. The molecule has 2 aromatic carbocycles. The highest BCUT2D eigenvalue weighted by atomic mass is 16.5. The van der Waals surface area contributed by atoms with Crippen LogP contribution in [0, 0.1) is 0 Å². The molecule has 3 rings (SSSR count). The lowest BCUT2D eigenvalue weighted by atomic mass is 10.1. The minimum absolute atomic E-state index is 0.0897. The van der Waals surface area contributed by atoms with Gasteiger partial charge in [0.05, 0.1) is 17.6 Å². The molecule has 0 fully saturated rings. The zero-order chi connectivity index (χ0) is 22.8. The van der Waals surface area contributed by atoms with Gasteiger partial charge >= 0.3 is 0 Å². The smallest absolute Gasteiger partial charge is 0.246 e. The van der Waals surface area contributed by atoms with E-state index in [9.17, 15) is 4.79 Å². The number of aryl methyl sites for hydroxylation is 2. The molecule has 0 spiro atoms. The summed E-state index contributed by atoms with van der Waals surface area (Å²) in [7, 11) is 0. The Morgan fingerprint density at radius 1 is 1.12 bits per heavy atom. The predicted octanol–water partition coefficient (Wildman–Crippen LogP) is 5.25. The molecule has 0 radical (unpaired) electrons. The van der Waals surface area contributed by atoms with Crippen LogP contribution >= 0.6 is 0 Å². The predicted molar refractivity (Wildman–Crippen MR) is 131 cm³/mol. The highest BCUT2D eigenvalue weighted by Gasteiger charge is 2.10. The molecular formula is C27H33N3O2. The molecule has 1 aromatic heterocycles. The molecule has 0 aliphatic carbocycles. The fourth-order valence-electron chi connectivity index (χ4n) is 3.69. The molecule has 5 heteroatoms. The summed E-state index contributed by atoms with van der Waals surface area (Å²) in [5, 5.41) is 2.90. The number of carbonyl (C=O) groups is 1. The first-order valence-corrected chi connectivity index (χ1v) is 11.3. The summed E-state index contributed by atoms with van der Waals surface area (Å²) in [5.41, 5.74) is 3.88. The van der Waals surface area contributed by atoms with Crippen LogP contribution in [0.1, 0.15) is 37.6 Å². The number of aromatic nitrogens is 2. The van der Waals surface area contributed by atoms with Crippen LogP contribution in [0.25, 0.3) is 11.0 Å². The number of para-hydroxylation sites is 3. The molecule has 3 aromatic rings. The van der Waals surface area contributed by atoms with Gasteiger partial charge in [0.15, 0.2) is 0 Å². The number of nitrogens with zero attached hydrogens (tertiary/aromatic N) is 2. The number of rotatable bonds is 13. The van der Waals surface area contributed by atoms with Gasteiger partial charge in [0, 0.05) is 25.1 Å². The number of hydrogen-bond acceptors (Lipinski definition) is 3. The second-order valence-corrected chi connectivity index (χ2v) is 7.96.